The molecule has 0 atom stereocenters. The zero-order valence-corrected chi connectivity index (χ0v) is 11.1. The van der Waals surface area contributed by atoms with Crippen LogP contribution >= 0.6 is 0 Å². The highest BCUT2D eigenvalue weighted by Crippen LogP contribution is 2.30. The first kappa shape index (κ1) is 13.7. The molecule has 1 fully saturated rings. The Labute approximate surface area is 112 Å². The highest BCUT2D eigenvalue weighted by Gasteiger charge is 2.34. The fourth-order valence-electron chi connectivity index (χ4n) is 2.56. The number of ether oxygens (including phenoxy) is 1. The van der Waals surface area contributed by atoms with E-state index < -0.39 is 5.54 Å². The van der Waals surface area contributed by atoms with Gasteiger partial charge in [-0.1, -0.05) is 12.8 Å². The third-order valence-corrected chi connectivity index (χ3v) is 3.73. The molecule has 0 aliphatic heterocycles. The van der Waals surface area contributed by atoms with Gasteiger partial charge in [-0.3, -0.25) is 4.79 Å². The van der Waals surface area contributed by atoms with Crippen LogP contribution in [0.25, 0.3) is 0 Å². The number of carbonyl (C=O) groups excluding carboxylic acids is 1. The third-order valence-electron chi connectivity index (χ3n) is 3.73. The van der Waals surface area contributed by atoms with Crippen LogP contribution < -0.4 is 15.8 Å². The maximum absolute atomic E-state index is 12.2. The maximum Gasteiger partial charge on any atom is 0.251 e. The summed E-state index contributed by atoms with van der Waals surface area (Å²) >= 11 is 0. The van der Waals surface area contributed by atoms with E-state index in [4.69, 9.17) is 10.5 Å². The number of nitrogen functional groups attached to an aromatic ring is 1. The van der Waals surface area contributed by atoms with Crippen molar-refractivity contribution in [3.8, 4) is 5.75 Å². The topological polar surface area (TPSA) is 84.6 Å². The van der Waals surface area contributed by atoms with Gasteiger partial charge >= 0.3 is 0 Å². The Morgan fingerprint density at radius 2 is 2.16 bits per heavy atom. The number of rotatable bonds is 4. The number of nitrogens with two attached hydrogens (primary N) is 1. The summed E-state index contributed by atoms with van der Waals surface area (Å²) in [5.41, 5.74) is 6.24. The zero-order chi connectivity index (χ0) is 13.9. The highest BCUT2D eigenvalue weighted by atomic mass is 16.5. The van der Waals surface area contributed by atoms with E-state index in [0.29, 0.717) is 17.0 Å². The predicted octanol–water partition coefficient (Wildman–Crippen LogP) is 1.31. The molecule has 0 bridgehead atoms. The van der Waals surface area contributed by atoms with Crippen LogP contribution in [0.1, 0.15) is 36.0 Å². The van der Waals surface area contributed by atoms with E-state index in [-0.39, 0.29) is 12.5 Å². The van der Waals surface area contributed by atoms with Gasteiger partial charge in [0.15, 0.2) is 0 Å². The predicted molar refractivity (Wildman–Crippen MR) is 73.2 cm³/mol. The summed E-state index contributed by atoms with van der Waals surface area (Å²) in [7, 11) is 1.53. The van der Waals surface area contributed by atoms with E-state index >= 15 is 0 Å². The molecule has 1 saturated carbocycles. The van der Waals surface area contributed by atoms with Crippen molar-refractivity contribution >= 4 is 11.6 Å². The molecule has 1 aromatic carbocycles. The van der Waals surface area contributed by atoms with Crippen LogP contribution in [0.5, 0.6) is 5.75 Å². The quantitative estimate of drug-likeness (QED) is 0.716. The monoisotopic (exact) mass is 264 g/mol. The molecule has 0 saturated heterocycles. The minimum Gasteiger partial charge on any atom is -0.495 e. The van der Waals surface area contributed by atoms with Gasteiger partial charge in [0.2, 0.25) is 0 Å². The Bertz CT molecular complexity index is 468. The molecular weight excluding hydrogens is 244 g/mol. The number of aliphatic hydroxyl groups is 1. The van der Waals surface area contributed by atoms with E-state index in [1.54, 1.807) is 18.2 Å². The van der Waals surface area contributed by atoms with E-state index in [2.05, 4.69) is 5.32 Å². The Balaban J connectivity index is 2.13. The molecule has 0 heterocycles. The van der Waals surface area contributed by atoms with Crippen molar-refractivity contribution in [1.29, 1.82) is 0 Å². The molecule has 0 radical (unpaired) electrons. The lowest BCUT2D eigenvalue weighted by Gasteiger charge is -2.28. The summed E-state index contributed by atoms with van der Waals surface area (Å²) in [4.78, 5) is 12.2. The van der Waals surface area contributed by atoms with Gasteiger partial charge in [0, 0.05) is 5.56 Å². The molecule has 1 amide bonds. The van der Waals surface area contributed by atoms with Gasteiger partial charge in [-0.15, -0.1) is 0 Å². The summed E-state index contributed by atoms with van der Waals surface area (Å²) in [6.45, 7) is -0.0234. The number of nitrogens with one attached hydrogen (secondary N) is 1. The lowest BCUT2D eigenvalue weighted by Crippen LogP contribution is -2.49. The number of benzene rings is 1. The first-order chi connectivity index (χ1) is 9.10. The fourth-order valence-corrected chi connectivity index (χ4v) is 2.56. The lowest BCUT2D eigenvalue weighted by molar-refractivity contribution is 0.0838. The summed E-state index contributed by atoms with van der Waals surface area (Å²) in [5, 5.41) is 12.4. The molecule has 0 spiro atoms. The summed E-state index contributed by atoms with van der Waals surface area (Å²) in [6.07, 6.45) is 3.71. The summed E-state index contributed by atoms with van der Waals surface area (Å²) in [6, 6.07) is 4.93. The van der Waals surface area contributed by atoms with Gasteiger partial charge in [0.1, 0.15) is 5.75 Å². The average molecular weight is 264 g/mol. The number of aliphatic hydroxyl groups excluding tert-OH is 1. The minimum absolute atomic E-state index is 0.0234. The molecule has 0 aromatic heterocycles. The van der Waals surface area contributed by atoms with Crippen LogP contribution in [-0.4, -0.2) is 30.3 Å². The van der Waals surface area contributed by atoms with Gasteiger partial charge in [0.25, 0.3) is 5.91 Å². The molecule has 104 valence electrons. The van der Waals surface area contributed by atoms with Crippen molar-refractivity contribution in [2.24, 2.45) is 0 Å². The second-order valence-corrected chi connectivity index (χ2v) is 5.06. The smallest absolute Gasteiger partial charge is 0.251 e. The van der Waals surface area contributed by atoms with Gasteiger partial charge in [0.05, 0.1) is 24.9 Å². The molecule has 1 aromatic rings. The van der Waals surface area contributed by atoms with Gasteiger partial charge in [-0.2, -0.15) is 0 Å². The number of methoxy groups -OCH3 is 1. The lowest BCUT2D eigenvalue weighted by atomic mass is 9.98. The summed E-state index contributed by atoms with van der Waals surface area (Å²) in [5.74, 6) is 0.347. The van der Waals surface area contributed by atoms with Crippen LogP contribution in [0.15, 0.2) is 18.2 Å². The standard InChI is InChI=1S/C14H20N2O3/c1-19-12-5-4-10(8-11(12)15)13(18)16-14(9-17)6-2-3-7-14/h4-5,8,17H,2-3,6-7,9,15H2,1H3,(H,16,18). The molecule has 5 heteroatoms. The minimum atomic E-state index is -0.466. The number of carbonyl (C=O) groups is 1. The summed E-state index contributed by atoms with van der Waals surface area (Å²) < 4.78 is 5.06. The van der Waals surface area contributed by atoms with Crippen molar-refractivity contribution in [3.63, 3.8) is 0 Å². The Hall–Kier alpha value is -1.75. The van der Waals surface area contributed by atoms with Crippen LogP contribution in [0.2, 0.25) is 0 Å². The average Bonchev–Trinajstić information content (AvgIpc) is 2.87. The van der Waals surface area contributed by atoms with Crippen LogP contribution in [-0.2, 0) is 0 Å². The second-order valence-electron chi connectivity index (χ2n) is 5.06. The Kier molecular flexibility index (Phi) is 3.95. The van der Waals surface area contributed by atoms with Crippen molar-refractivity contribution in [1.82, 2.24) is 5.32 Å². The van der Waals surface area contributed by atoms with Gasteiger partial charge in [-0.05, 0) is 31.0 Å². The van der Waals surface area contributed by atoms with Crippen molar-refractivity contribution in [2.75, 3.05) is 19.5 Å². The molecule has 5 nitrogen and oxygen atoms in total. The fraction of sp³-hybridized carbons (Fsp3) is 0.500. The first-order valence-electron chi connectivity index (χ1n) is 6.47. The molecule has 1 aliphatic carbocycles. The normalized spacial score (nSPS) is 17.2. The molecular formula is C14H20N2O3. The van der Waals surface area contributed by atoms with Crippen molar-refractivity contribution in [2.45, 2.75) is 31.2 Å². The number of amides is 1. The molecule has 2 rings (SSSR count). The largest absolute Gasteiger partial charge is 0.495 e. The number of anilines is 1. The molecule has 0 unspecified atom stereocenters. The van der Waals surface area contributed by atoms with Crippen molar-refractivity contribution < 1.29 is 14.6 Å². The number of hydrogen-bond acceptors (Lipinski definition) is 4. The van der Waals surface area contributed by atoms with E-state index in [9.17, 15) is 9.90 Å². The Morgan fingerprint density at radius 3 is 2.68 bits per heavy atom. The van der Waals surface area contributed by atoms with Crippen LogP contribution in [0.3, 0.4) is 0 Å². The zero-order valence-electron chi connectivity index (χ0n) is 11.1. The second kappa shape index (κ2) is 5.48. The van der Waals surface area contributed by atoms with E-state index in [1.165, 1.54) is 7.11 Å². The highest BCUT2D eigenvalue weighted by molar-refractivity contribution is 5.96. The van der Waals surface area contributed by atoms with Crippen LogP contribution in [0, 0.1) is 0 Å². The number of hydrogen-bond donors (Lipinski definition) is 3. The van der Waals surface area contributed by atoms with E-state index in [0.717, 1.165) is 25.7 Å². The molecule has 4 N–H and O–H groups in total. The molecule has 1 aliphatic rings. The third kappa shape index (κ3) is 2.81. The molecule has 19 heavy (non-hydrogen) atoms. The SMILES string of the molecule is COc1ccc(C(=O)NC2(CO)CCCC2)cc1N. The van der Waals surface area contributed by atoms with E-state index in [1.807, 2.05) is 0 Å². The van der Waals surface area contributed by atoms with Crippen LogP contribution in [0.4, 0.5) is 5.69 Å². The Morgan fingerprint density at radius 1 is 1.47 bits per heavy atom. The van der Waals surface area contributed by atoms with Gasteiger partial charge in [-0.25, -0.2) is 0 Å². The van der Waals surface area contributed by atoms with Gasteiger partial charge < -0.3 is 20.9 Å². The maximum atomic E-state index is 12.2. The first-order valence-corrected chi connectivity index (χ1v) is 6.47. The van der Waals surface area contributed by atoms with Crippen molar-refractivity contribution in [3.05, 3.63) is 23.8 Å².